The van der Waals surface area contributed by atoms with Gasteiger partial charge < -0.3 is 4.98 Å². The number of hydrogen-bond donors (Lipinski definition) is 1. The summed E-state index contributed by atoms with van der Waals surface area (Å²) in [7, 11) is 0. The maximum atomic E-state index is 13.0. The Kier molecular flexibility index (Phi) is 3.04. The molecule has 0 aliphatic carbocycles. The Morgan fingerprint density at radius 3 is 2.81 bits per heavy atom. The van der Waals surface area contributed by atoms with Gasteiger partial charge in [-0.2, -0.15) is 0 Å². The lowest BCUT2D eigenvalue weighted by Gasteiger charge is -2.03. The highest BCUT2D eigenvalue weighted by Crippen LogP contribution is 2.15. The van der Waals surface area contributed by atoms with Crippen LogP contribution < -0.4 is 5.56 Å². The lowest BCUT2D eigenvalue weighted by molar-refractivity contribution is 0.628. The number of aryl methyl sites for hydroxylation is 1. The van der Waals surface area contributed by atoms with Gasteiger partial charge in [0.15, 0.2) is 0 Å². The van der Waals surface area contributed by atoms with Crippen molar-refractivity contribution < 1.29 is 4.39 Å². The van der Waals surface area contributed by atoms with Gasteiger partial charge in [-0.3, -0.25) is 4.79 Å². The van der Waals surface area contributed by atoms with Crippen LogP contribution in [0.25, 0.3) is 11.4 Å². The van der Waals surface area contributed by atoms with Crippen molar-refractivity contribution in [2.24, 2.45) is 0 Å². The van der Waals surface area contributed by atoms with Crippen molar-refractivity contribution in [1.82, 2.24) is 9.97 Å². The summed E-state index contributed by atoms with van der Waals surface area (Å²) < 4.78 is 13.6. The number of benzene rings is 1. The van der Waals surface area contributed by atoms with Gasteiger partial charge in [0.05, 0.1) is 9.26 Å². The first-order valence-electron chi connectivity index (χ1n) is 4.60. The molecule has 3 nitrogen and oxygen atoms in total. The summed E-state index contributed by atoms with van der Waals surface area (Å²) in [5.41, 5.74) is 1.01. The van der Waals surface area contributed by atoms with Gasteiger partial charge in [-0.15, -0.1) is 0 Å². The predicted molar refractivity (Wildman–Crippen MR) is 67.7 cm³/mol. The van der Waals surface area contributed by atoms with Crippen molar-refractivity contribution in [3.8, 4) is 11.4 Å². The molecule has 0 bridgehead atoms. The zero-order valence-corrected chi connectivity index (χ0v) is 10.6. The summed E-state index contributed by atoms with van der Waals surface area (Å²) in [5, 5.41) is 0. The van der Waals surface area contributed by atoms with Gasteiger partial charge >= 0.3 is 0 Å². The van der Waals surface area contributed by atoms with Crippen LogP contribution in [0.1, 0.15) is 5.69 Å². The largest absolute Gasteiger partial charge is 0.306 e. The van der Waals surface area contributed by atoms with Gasteiger partial charge in [0.2, 0.25) is 0 Å². The van der Waals surface area contributed by atoms with E-state index < -0.39 is 0 Å². The van der Waals surface area contributed by atoms with E-state index in [1.807, 2.05) is 22.6 Å². The first-order valence-corrected chi connectivity index (χ1v) is 5.68. The van der Waals surface area contributed by atoms with Crippen LogP contribution in [-0.2, 0) is 0 Å². The number of nitrogens with zero attached hydrogens (tertiary/aromatic N) is 1. The second-order valence-corrected chi connectivity index (χ2v) is 4.40. The molecule has 82 valence electrons. The van der Waals surface area contributed by atoms with Gasteiger partial charge in [-0.05, 0) is 41.6 Å². The molecular weight excluding hydrogens is 322 g/mol. The van der Waals surface area contributed by atoms with E-state index >= 15 is 0 Å². The maximum Gasteiger partial charge on any atom is 0.264 e. The molecule has 0 fully saturated rings. The van der Waals surface area contributed by atoms with E-state index in [0.29, 0.717) is 20.7 Å². The average molecular weight is 330 g/mol. The molecule has 1 N–H and O–H groups in total. The average Bonchev–Trinajstić information content (AvgIpc) is 2.25. The molecule has 0 atom stereocenters. The topological polar surface area (TPSA) is 45.8 Å². The van der Waals surface area contributed by atoms with Crippen LogP contribution in [0.5, 0.6) is 0 Å². The predicted octanol–water partition coefficient (Wildman–Crippen LogP) is 2.49. The zero-order valence-electron chi connectivity index (χ0n) is 8.42. The number of nitrogens with one attached hydrogen (secondary N) is 1. The van der Waals surface area contributed by atoms with Gasteiger partial charge in [-0.25, -0.2) is 9.37 Å². The normalized spacial score (nSPS) is 10.4. The molecule has 0 aliphatic rings. The first kappa shape index (κ1) is 11.3. The molecule has 2 rings (SSSR count). The van der Waals surface area contributed by atoms with Crippen molar-refractivity contribution in [1.29, 1.82) is 0 Å². The summed E-state index contributed by atoms with van der Waals surface area (Å²) >= 11 is 1.93. The lowest BCUT2D eigenvalue weighted by Crippen LogP contribution is -2.14. The van der Waals surface area contributed by atoms with E-state index in [0.717, 1.165) is 0 Å². The third-order valence-electron chi connectivity index (χ3n) is 2.13. The van der Waals surface area contributed by atoms with Crippen molar-refractivity contribution in [2.75, 3.05) is 0 Å². The molecule has 0 amide bonds. The number of rotatable bonds is 1. The van der Waals surface area contributed by atoms with E-state index in [1.54, 1.807) is 19.1 Å². The van der Waals surface area contributed by atoms with Gasteiger partial charge in [0.1, 0.15) is 11.6 Å². The lowest BCUT2D eigenvalue weighted by atomic mass is 10.2. The van der Waals surface area contributed by atoms with Crippen molar-refractivity contribution in [2.45, 2.75) is 6.92 Å². The molecule has 0 unspecified atom stereocenters. The van der Waals surface area contributed by atoms with Crippen molar-refractivity contribution >= 4 is 22.6 Å². The smallest absolute Gasteiger partial charge is 0.264 e. The zero-order chi connectivity index (χ0) is 11.7. The highest BCUT2D eigenvalue weighted by atomic mass is 127. The minimum Gasteiger partial charge on any atom is -0.306 e. The van der Waals surface area contributed by atoms with Crippen LogP contribution in [0.3, 0.4) is 0 Å². The fourth-order valence-electron chi connectivity index (χ4n) is 1.34. The van der Waals surface area contributed by atoms with Crippen LogP contribution in [0.15, 0.2) is 29.1 Å². The van der Waals surface area contributed by atoms with Gasteiger partial charge in [-0.1, -0.05) is 12.1 Å². The number of aromatic nitrogens is 2. The Balaban J connectivity index is 2.61. The van der Waals surface area contributed by atoms with E-state index in [-0.39, 0.29) is 11.4 Å². The molecule has 1 heterocycles. The van der Waals surface area contributed by atoms with Gasteiger partial charge in [0, 0.05) is 5.56 Å². The monoisotopic (exact) mass is 330 g/mol. The molecular formula is C11H8FIN2O. The fourth-order valence-corrected chi connectivity index (χ4v) is 1.60. The molecule has 1 aromatic heterocycles. The Hall–Kier alpha value is -1.24. The van der Waals surface area contributed by atoms with Gasteiger partial charge in [0.25, 0.3) is 5.56 Å². The molecule has 0 spiro atoms. The molecule has 0 saturated carbocycles. The summed E-state index contributed by atoms with van der Waals surface area (Å²) in [6, 6.07) is 5.97. The van der Waals surface area contributed by atoms with E-state index in [4.69, 9.17) is 0 Å². The number of halogens is 2. The fraction of sp³-hybridized carbons (Fsp3) is 0.0909. The van der Waals surface area contributed by atoms with Crippen LogP contribution in [-0.4, -0.2) is 9.97 Å². The third kappa shape index (κ3) is 2.13. The molecule has 2 aromatic rings. The minimum atomic E-state index is -0.351. The van der Waals surface area contributed by atoms with E-state index in [1.165, 1.54) is 12.1 Å². The van der Waals surface area contributed by atoms with Crippen LogP contribution >= 0.6 is 22.6 Å². The second-order valence-electron chi connectivity index (χ2n) is 3.32. The highest BCUT2D eigenvalue weighted by molar-refractivity contribution is 14.1. The molecule has 0 aliphatic heterocycles. The Bertz CT molecular complexity index is 595. The minimum absolute atomic E-state index is 0.202. The first-order chi connectivity index (χ1) is 7.58. The number of hydrogen-bond acceptors (Lipinski definition) is 2. The quantitative estimate of drug-likeness (QED) is 0.817. The number of H-pyrrole nitrogens is 1. The van der Waals surface area contributed by atoms with E-state index in [9.17, 15) is 9.18 Å². The number of aromatic amines is 1. The second kappa shape index (κ2) is 4.32. The highest BCUT2D eigenvalue weighted by Gasteiger charge is 2.07. The van der Waals surface area contributed by atoms with Crippen LogP contribution in [0.2, 0.25) is 0 Å². The molecule has 5 heteroatoms. The standard InChI is InChI=1S/C11H8FIN2O/c1-6-9(13)11(16)15-10(14-6)7-3-2-4-8(12)5-7/h2-5H,1H3,(H,14,15,16). The molecule has 0 radical (unpaired) electrons. The molecule has 1 aromatic carbocycles. The molecule has 16 heavy (non-hydrogen) atoms. The maximum absolute atomic E-state index is 13.0. The van der Waals surface area contributed by atoms with Crippen LogP contribution in [0, 0.1) is 16.3 Å². The summed E-state index contributed by atoms with van der Waals surface area (Å²) in [6.45, 7) is 1.75. The van der Waals surface area contributed by atoms with E-state index in [2.05, 4.69) is 9.97 Å². The Morgan fingerprint density at radius 2 is 2.19 bits per heavy atom. The van der Waals surface area contributed by atoms with Crippen LogP contribution in [0.4, 0.5) is 4.39 Å². The Morgan fingerprint density at radius 1 is 1.44 bits per heavy atom. The Labute approximate surface area is 105 Å². The van der Waals surface area contributed by atoms with Crippen molar-refractivity contribution in [3.63, 3.8) is 0 Å². The summed E-state index contributed by atoms with van der Waals surface area (Å²) in [4.78, 5) is 18.4. The molecule has 0 saturated heterocycles. The third-order valence-corrected chi connectivity index (χ3v) is 3.40. The summed E-state index contributed by atoms with van der Waals surface area (Å²) in [6.07, 6.45) is 0. The van der Waals surface area contributed by atoms with Crippen molar-refractivity contribution in [3.05, 3.63) is 49.7 Å². The summed E-state index contributed by atoms with van der Waals surface area (Å²) in [5.74, 6) is 0.0405. The SMILES string of the molecule is Cc1nc(-c2cccc(F)c2)[nH]c(=O)c1I.